The Hall–Kier alpha value is -1.18. The monoisotopic (exact) mass is 328 g/mol. The van der Waals surface area contributed by atoms with Crippen LogP contribution in [-0.4, -0.2) is 42.3 Å². The molecule has 6 nitrogen and oxygen atoms in total. The summed E-state index contributed by atoms with van der Waals surface area (Å²) < 4.78 is 11.6. The van der Waals surface area contributed by atoms with Gasteiger partial charge in [-0.05, 0) is 61.7 Å². The summed E-state index contributed by atoms with van der Waals surface area (Å²) in [6, 6.07) is 3.58. The van der Waals surface area contributed by atoms with E-state index in [0.717, 1.165) is 19.5 Å². The molecule has 0 aliphatic heterocycles. The molecule has 0 bridgehead atoms. The van der Waals surface area contributed by atoms with Crippen molar-refractivity contribution in [1.82, 2.24) is 20.4 Å². The predicted octanol–water partition coefficient (Wildman–Crippen LogP) is 2.13. The Morgan fingerprint density at radius 3 is 2.84 bits per heavy atom. The average molecular weight is 329 g/mol. The lowest BCUT2D eigenvalue weighted by Gasteiger charge is -2.13. The summed E-state index contributed by atoms with van der Waals surface area (Å²) in [4.78, 5) is 2.15. The van der Waals surface area contributed by atoms with Gasteiger partial charge in [0, 0.05) is 0 Å². The van der Waals surface area contributed by atoms with Crippen LogP contribution >= 0.6 is 15.9 Å². The lowest BCUT2D eigenvalue weighted by molar-refractivity contribution is 0.285. The van der Waals surface area contributed by atoms with Crippen molar-refractivity contribution < 1.29 is 8.83 Å². The van der Waals surface area contributed by atoms with Crippen molar-refractivity contribution >= 4 is 15.9 Å². The van der Waals surface area contributed by atoms with Crippen molar-refractivity contribution in [3.8, 4) is 11.7 Å². The zero-order valence-corrected chi connectivity index (χ0v) is 12.6. The van der Waals surface area contributed by atoms with E-state index in [1.54, 1.807) is 12.1 Å². The molecule has 0 spiro atoms. The van der Waals surface area contributed by atoms with E-state index in [4.69, 9.17) is 8.83 Å². The van der Waals surface area contributed by atoms with Gasteiger partial charge < -0.3 is 14.2 Å². The van der Waals surface area contributed by atoms with Gasteiger partial charge in [0.05, 0.1) is 6.54 Å². The zero-order valence-electron chi connectivity index (χ0n) is 11.0. The Bertz CT molecular complexity index is 511. The first kappa shape index (κ1) is 14.2. The van der Waals surface area contributed by atoms with Gasteiger partial charge in [0.25, 0.3) is 5.89 Å². The number of aromatic nitrogens is 2. The molecule has 0 radical (unpaired) electrons. The van der Waals surface area contributed by atoms with Crippen LogP contribution < -0.4 is 5.32 Å². The Kier molecular flexibility index (Phi) is 5.12. The third kappa shape index (κ3) is 4.15. The van der Waals surface area contributed by atoms with E-state index >= 15 is 0 Å². The van der Waals surface area contributed by atoms with Gasteiger partial charge in [-0.25, -0.2) is 0 Å². The quantitative estimate of drug-likeness (QED) is 0.785. The SMILES string of the molecule is CNCCCN(C)Cc1nnc(-c2ccc(Br)o2)o1. The molecule has 7 heteroatoms. The molecule has 2 aromatic heterocycles. The first-order valence-electron chi connectivity index (χ1n) is 6.10. The topological polar surface area (TPSA) is 67.3 Å². The summed E-state index contributed by atoms with van der Waals surface area (Å²) in [5.74, 6) is 1.57. The zero-order chi connectivity index (χ0) is 13.7. The normalized spacial score (nSPS) is 11.4. The molecular weight excluding hydrogens is 312 g/mol. The Morgan fingerprint density at radius 1 is 1.32 bits per heavy atom. The molecule has 0 atom stereocenters. The highest BCUT2D eigenvalue weighted by Gasteiger charge is 2.13. The van der Waals surface area contributed by atoms with Crippen molar-refractivity contribution in [3.05, 3.63) is 22.7 Å². The number of hydrogen-bond donors (Lipinski definition) is 1. The van der Waals surface area contributed by atoms with Crippen LogP contribution in [0.15, 0.2) is 25.6 Å². The van der Waals surface area contributed by atoms with E-state index in [1.807, 2.05) is 14.1 Å². The van der Waals surface area contributed by atoms with Crippen LogP contribution in [0.3, 0.4) is 0 Å². The first-order valence-corrected chi connectivity index (χ1v) is 6.89. The molecule has 0 unspecified atom stereocenters. The van der Waals surface area contributed by atoms with E-state index in [0.29, 0.717) is 28.8 Å². The molecule has 0 aliphatic rings. The second-order valence-corrected chi connectivity index (χ2v) is 5.08. The summed E-state index contributed by atoms with van der Waals surface area (Å²) in [5, 5.41) is 11.1. The van der Waals surface area contributed by atoms with Crippen molar-refractivity contribution in [2.45, 2.75) is 13.0 Å². The van der Waals surface area contributed by atoms with Crippen LogP contribution in [0.1, 0.15) is 12.3 Å². The summed E-state index contributed by atoms with van der Waals surface area (Å²) >= 11 is 3.24. The Balaban J connectivity index is 1.90. The average Bonchev–Trinajstić information content (AvgIpc) is 2.98. The Morgan fingerprint density at radius 2 is 2.16 bits per heavy atom. The molecule has 0 aliphatic carbocycles. The number of rotatable bonds is 7. The molecule has 104 valence electrons. The van der Waals surface area contributed by atoms with E-state index in [1.165, 1.54) is 0 Å². The summed E-state index contributed by atoms with van der Waals surface area (Å²) in [5.41, 5.74) is 0. The molecule has 1 N–H and O–H groups in total. The molecule has 0 saturated heterocycles. The molecule has 0 saturated carbocycles. The van der Waals surface area contributed by atoms with Crippen LogP contribution in [0, 0.1) is 0 Å². The summed E-state index contributed by atoms with van der Waals surface area (Å²) in [6.45, 7) is 2.61. The summed E-state index contributed by atoms with van der Waals surface area (Å²) in [6.07, 6.45) is 1.08. The number of nitrogens with one attached hydrogen (secondary N) is 1. The molecule has 0 fully saturated rings. The fraction of sp³-hybridized carbons (Fsp3) is 0.500. The lowest BCUT2D eigenvalue weighted by atomic mass is 10.4. The van der Waals surface area contributed by atoms with Crippen molar-refractivity contribution in [2.24, 2.45) is 0 Å². The maximum absolute atomic E-state index is 5.57. The second-order valence-electron chi connectivity index (χ2n) is 4.30. The molecule has 2 rings (SSSR count). The lowest BCUT2D eigenvalue weighted by Crippen LogP contribution is -2.22. The van der Waals surface area contributed by atoms with Gasteiger partial charge in [0.1, 0.15) is 0 Å². The second kappa shape index (κ2) is 6.83. The van der Waals surface area contributed by atoms with Crippen LogP contribution in [0.4, 0.5) is 0 Å². The fourth-order valence-electron chi connectivity index (χ4n) is 1.68. The van der Waals surface area contributed by atoms with Gasteiger partial charge in [-0.2, -0.15) is 0 Å². The van der Waals surface area contributed by atoms with E-state index in [9.17, 15) is 0 Å². The fourth-order valence-corrected chi connectivity index (χ4v) is 1.99. The van der Waals surface area contributed by atoms with Gasteiger partial charge in [-0.1, -0.05) is 0 Å². The van der Waals surface area contributed by atoms with Gasteiger partial charge in [-0.15, -0.1) is 10.2 Å². The van der Waals surface area contributed by atoms with Crippen LogP contribution in [0.25, 0.3) is 11.7 Å². The molecule has 0 amide bonds. The van der Waals surface area contributed by atoms with Gasteiger partial charge in [0.2, 0.25) is 5.89 Å². The predicted molar refractivity (Wildman–Crippen MR) is 74.6 cm³/mol. The van der Waals surface area contributed by atoms with Gasteiger partial charge >= 0.3 is 0 Å². The first-order chi connectivity index (χ1) is 9.19. The summed E-state index contributed by atoms with van der Waals surface area (Å²) in [7, 11) is 3.98. The number of hydrogen-bond acceptors (Lipinski definition) is 6. The maximum atomic E-state index is 5.57. The minimum Gasteiger partial charge on any atom is -0.444 e. The molecular formula is C12H17BrN4O2. The van der Waals surface area contributed by atoms with Crippen molar-refractivity contribution in [1.29, 1.82) is 0 Å². The van der Waals surface area contributed by atoms with Crippen molar-refractivity contribution in [3.63, 3.8) is 0 Å². The smallest absolute Gasteiger partial charge is 0.283 e. The van der Waals surface area contributed by atoms with E-state index in [-0.39, 0.29) is 0 Å². The number of furan rings is 1. The minimum absolute atomic E-state index is 0.407. The molecule has 2 aromatic rings. The largest absolute Gasteiger partial charge is 0.444 e. The van der Waals surface area contributed by atoms with Gasteiger partial charge in [-0.3, -0.25) is 4.90 Å². The number of halogens is 1. The standard InChI is InChI=1S/C12H17BrN4O2/c1-14-6-3-7-17(2)8-11-15-16-12(19-11)9-4-5-10(13)18-9/h4-5,14H,3,6-8H2,1-2H3. The van der Waals surface area contributed by atoms with E-state index in [2.05, 4.69) is 36.3 Å². The molecule has 19 heavy (non-hydrogen) atoms. The highest BCUT2D eigenvalue weighted by Crippen LogP contribution is 2.23. The van der Waals surface area contributed by atoms with E-state index < -0.39 is 0 Å². The van der Waals surface area contributed by atoms with Crippen LogP contribution in [0.2, 0.25) is 0 Å². The third-order valence-corrected chi connectivity index (χ3v) is 3.05. The van der Waals surface area contributed by atoms with Crippen LogP contribution in [-0.2, 0) is 6.54 Å². The molecule has 0 aromatic carbocycles. The molecule has 2 heterocycles. The van der Waals surface area contributed by atoms with Crippen LogP contribution in [0.5, 0.6) is 0 Å². The van der Waals surface area contributed by atoms with Crippen molar-refractivity contribution in [2.75, 3.05) is 27.2 Å². The number of nitrogens with zero attached hydrogens (tertiary/aromatic N) is 3. The third-order valence-electron chi connectivity index (χ3n) is 2.62. The highest BCUT2D eigenvalue weighted by atomic mass is 79.9. The van der Waals surface area contributed by atoms with Gasteiger partial charge in [0.15, 0.2) is 10.4 Å². The maximum Gasteiger partial charge on any atom is 0.283 e. The minimum atomic E-state index is 0.407. The Labute approximate surface area is 120 Å². The highest BCUT2D eigenvalue weighted by molar-refractivity contribution is 9.10.